The lowest BCUT2D eigenvalue weighted by Crippen LogP contribution is -2.43. The zero-order valence-corrected chi connectivity index (χ0v) is 8.66. The SMILES string of the molecule is CC(=O)N1CCCC1C(=O)C1CCC1. The molecule has 2 fully saturated rings. The van der Waals surface area contributed by atoms with E-state index in [1.54, 1.807) is 11.8 Å². The predicted molar refractivity (Wildman–Crippen MR) is 52.8 cm³/mol. The third kappa shape index (κ3) is 1.56. The molecule has 0 aromatic carbocycles. The van der Waals surface area contributed by atoms with Gasteiger partial charge >= 0.3 is 0 Å². The summed E-state index contributed by atoms with van der Waals surface area (Å²) < 4.78 is 0. The number of rotatable bonds is 2. The number of nitrogens with zero attached hydrogens (tertiary/aromatic N) is 1. The van der Waals surface area contributed by atoms with Gasteiger partial charge in [0.15, 0.2) is 5.78 Å². The first kappa shape index (κ1) is 9.69. The van der Waals surface area contributed by atoms with Crippen LogP contribution in [0.1, 0.15) is 39.0 Å². The molecule has 0 N–H and O–H groups in total. The van der Waals surface area contributed by atoms with Crippen LogP contribution in [0.5, 0.6) is 0 Å². The number of ketones is 1. The molecule has 1 heterocycles. The molecule has 2 aliphatic rings. The topological polar surface area (TPSA) is 37.4 Å². The predicted octanol–water partition coefficient (Wildman–Crippen LogP) is 1.37. The van der Waals surface area contributed by atoms with E-state index >= 15 is 0 Å². The average molecular weight is 195 g/mol. The summed E-state index contributed by atoms with van der Waals surface area (Å²) in [6, 6.07) is -0.0854. The minimum Gasteiger partial charge on any atom is -0.333 e. The normalized spacial score (nSPS) is 27.5. The molecule has 78 valence electrons. The lowest BCUT2D eigenvalue weighted by Gasteiger charge is -2.30. The van der Waals surface area contributed by atoms with Crippen LogP contribution in [-0.2, 0) is 9.59 Å². The highest BCUT2D eigenvalue weighted by molar-refractivity contribution is 5.91. The first-order valence-corrected chi connectivity index (χ1v) is 5.51. The van der Waals surface area contributed by atoms with E-state index in [9.17, 15) is 9.59 Å². The number of Topliss-reactive ketones (excluding diaryl/α,β-unsaturated/α-hetero) is 1. The largest absolute Gasteiger partial charge is 0.333 e. The molecule has 1 saturated carbocycles. The van der Waals surface area contributed by atoms with Crippen LogP contribution in [0.4, 0.5) is 0 Å². The fraction of sp³-hybridized carbons (Fsp3) is 0.818. The van der Waals surface area contributed by atoms with Crippen molar-refractivity contribution in [2.24, 2.45) is 5.92 Å². The molecule has 1 amide bonds. The van der Waals surface area contributed by atoms with Crippen LogP contribution in [0.2, 0.25) is 0 Å². The van der Waals surface area contributed by atoms with E-state index in [1.165, 1.54) is 6.42 Å². The van der Waals surface area contributed by atoms with Crippen LogP contribution in [0.15, 0.2) is 0 Å². The highest BCUT2D eigenvalue weighted by Crippen LogP contribution is 2.31. The van der Waals surface area contributed by atoms with Gasteiger partial charge in [0.2, 0.25) is 5.91 Å². The Bertz CT molecular complexity index is 258. The third-order valence-corrected chi connectivity index (χ3v) is 3.49. The number of amides is 1. The van der Waals surface area contributed by atoms with E-state index < -0.39 is 0 Å². The standard InChI is InChI=1S/C11H17NO2/c1-8(13)12-7-3-6-10(12)11(14)9-4-2-5-9/h9-10H,2-7H2,1H3. The van der Waals surface area contributed by atoms with Crippen LogP contribution < -0.4 is 0 Å². The van der Waals surface area contributed by atoms with Gasteiger partial charge in [-0.25, -0.2) is 0 Å². The van der Waals surface area contributed by atoms with Gasteiger partial charge in [0.25, 0.3) is 0 Å². The highest BCUT2D eigenvalue weighted by Gasteiger charge is 2.37. The molecule has 3 nitrogen and oxygen atoms in total. The monoisotopic (exact) mass is 195 g/mol. The second-order valence-electron chi connectivity index (χ2n) is 4.40. The molecule has 3 heteroatoms. The van der Waals surface area contributed by atoms with Crippen molar-refractivity contribution in [1.29, 1.82) is 0 Å². The van der Waals surface area contributed by atoms with Crippen molar-refractivity contribution in [1.82, 2.24) is 4.90 Å². The first-order valence-electron chi connectivity index (χ1n) is 5.51. The fourth-order valence-electron chi connectivity index (χ4n) is 2.40. The quantitative estimate of drug-likeness (QED) is 0.667. The second-order valence-corrected chi connectivity index (χ2v) is 4.40. The molecule has 0 aromatic rings. The zero-order chi connectivity index (χ0) is 10.1. The Balaban J connectivity index is 2.01. The Morgan fingerprint density at radius 3 is 2.36 bits per heavy atom. The van der Waals surface area contributed by atoms with Crippen LogP contribution in [-0.4, -0.2) is 29.2 Å². The van der Waals surface area contributed by atoms with Crippen LogP contribution in [0, 0.1) is 5.92 Å². The van der Waals surface area contributed by atoms with Gasteiger partial charge in [0, 0.05) is 19.4 Å². The highest BCUT2D eigenvalue weighted by atomic mass is 16.2. The maximum absolute atomic E-state index is 11.9. The molecule has 1 saturated heterocycles. The van der Waals surface area contributed by atoms with Crippen molar-refractivity contribution >= 4 is 11.7 Å². The molecule has 0 radical (unpaired) electrons. The van der Waals surface area contributed by atoms with Gasteiger partial charge in [-0.1, -0.05) is 6.42 Å². The van der Waals surface area contributed by atoms with Gasteiger partial charge in [0.1, 0.15) is 0 Å². The molecule has 1 aliphatic carbocycles. The Hall–Kier alpha value is -0.860. The molecular formula is C11H17NO2. The Labute approximate surface area is 84.5 Å². The van der Waals surface area contributed by atoms with E-state index in [4.69, 9.17) is 0 Å². The molecule has 14 heavy (non-hydrogen) atoms. The molecule has 1 unspecified atom stereocenters. The van der Waals surface area contributed by atoms with Crippen molar-refractivity contribution in [3.05, 3.63) is 0 Å². The lowest BCUT2D eigenvalue weighted by molar-refractivity contribution is -0.138. The fourth-order valence-corrected chi connectivity index (χ4v) is 2.40. The number of likely N-dealkylation sites (tertiary alicyclic amines) is 1. The number of hydrogen-bond acceptors (Lipinski definition) is 2. The first-order chi connectivity index (χ1) is 6.70. The van der Waals surface area contributed by atoms with Crippen LogP contribution in [0.25, 0.3) is 0 Å². The maximum atomic E-state index is 11.9. The summed E-state index contributed by atoms with van der Waals surface area (Å²) in [5, 5.41) is 0. The smallest absolute Gasteiger partial charge is 0.220 e. The van der Waals surface area contributed by atoms with Crippen LogP contribution in [0.3, 0.4) is 0 Å². The van der Waals surface area contributed by atoms with Crippen molar-refractivity contribution < 1.29 is 9.59 Å². The Morgan fingerprint density at radius 1 is 1.14 bits per heavy atom. The summed E-state index contributed by atoms with van der Waals surface area (Å²) in [6.45, 7) is 2.34. The molecule has 0 bridgehead atoms. The summed E-state index contributed by atoms with van der Waals surface area (Å²) in [6.07, 6.45) is 5.14. The van der Waals surface area contributed by atoms with E-state index in [2.05, 4.69) is 0 Å². The number of carbonyl (C=O) groups excluding carboxylic acids is 2. The van der Waals surface area contributed by atoms with Gasteiger partial charge in [-0.2, -0.15) is 0 Å². The average Bonchev–Trinajstić information content (AvgIpc) is 2.47. The molecule has 0 spiro atoms. The van der Waals surface area contributed by atoms with Gasteiger partial charge < -0.3 is 4.90 Å². The Morgan fingerprint density at radius 2 is 1.86 bits per heavy atom. The zero-order valence-electron chi connectivity index (χ0n) is 8.66. The summed E-state index contributed by atoms with van der Waals surface area (Å²) in [5.74, 6) is 0.643. The Kier molecular flexibility index (Phi) is 2.57. The number of hydrogen-bond donors (Lipinski definition) is 0. The van der Waals surface area contributed by atoms with E-state index in [0.29, 0.717) is 5.78 Å². The summed E-state index contributed by atoms with van der Waals surface area (Å²) in [4.78, 5) is 25.0. The molecule has 0 aromatic heterocycles. The molecule has 2 rings (SSSR count). The molecule has 1 atom stereocenters. The molecule has 1 aliphatic heterocycles. The third-order valence-electron chi connectivity index (χ3n) is 3.49. The lowest BCUT2D eigenvalue weighted by atomic mass is 9.79. The van der Waals surface area contributed by atoms with E-state index in [0.717, 1.165) is 32.2 Å². The second kappa shape index (κ2) is 3.71. The van der Waals surface area contributed by atoms with Crippen molar-refractivity contribution in [3.8, 4) is 0 Å². The maximum Gasteiger partial charge on any atom is 0.220 e. The van der Waals surface area contributed by atoms with Gasteiger partial charge in [-0.15, -0.1) is 0 Å². The van der Waals surface area contributed by atoms with E-state index in [1.807, 2.05) is 0 Å². The minimum atomic E-state index is -0.0854. The minimum absolute atomic E-state index is 0.0557. The summed E-state index contributed by atoms with van der Waals surface area (Å²) in [5.41, 5.74) is 0. The molecular weight excluding hydrogens is 178 g/mol. The summed E-state index contributed by atoms with van der Waals surface area (Å²) >= 11 is 0. The van der Waals surface area contributed by atoms with Crippen molar-refractivity contribution in [2.75, 3.05) is 6.54 Å². The number of carbonyl (C=O) groups is 2. The van der Waals surface area contributed by atoms with Crippen molar-refractivity contribution in [3.63, 3.8) is 0 Å². The van der Waals surface area contributed by atoms with Crippen molar-refractivity contribution in [2.45, 2.75) is 45.1 Å². The summed E-state index contributed by atoms with van der Waals surface area (Å²) in [7, 11) is 0. The van der Waals surface area contributed by atoms with Crippen LogP contribution >= 0.6 is 0 Å². The van der Waals surface area contributed by atoms with E-state index in [-0.39, 0.29) is 17.9 Å². The van der Waals surface area contributed by atoms with Gasteiger partial charge in [-0.3, -0.25) is 9.59 Å². The van der Waals surface area contributed by atoms with Gasteiger partial charge in [0.05, 0.1) is 6.04 Å². The van der Waals surface area contributed by atoms with Gasteiger partial charge in [-0.05, 0) is 25.7 Å².